The Hall–Kier alpha value is -2.51. The average Bonchev–Trinajstić information content (AvgIpc) is 3.29. The molecule has 1 fully saturated rings. The number of rotatable bonds is 4. The minimum absolute atomic E-state index is 0.101. The van der Waals surface area contributed by atoms with Crippen LogP contribution in [0.1, 0.15) is 17.3 Å². The quantitative estimate of drug-likeness (QED) is 0.773. The minimum atomic E-state index is 0.101. The Kier molecular flexibility index (Phi) is 3.87. The smallest absolute Gasteiger partial charge is 0.0971 e. The zero-order valence-corrected chi connectivity index (χ0v) is 13.7. The molecule has 0 bridgehead atoms. The molecule has 0 spiro atoms. The van der Waals surface area contributed by atoms with Gasteiger partial charge in [-0.3, -0.25) is 4.90 Å². The maximum atomic E-state index is 6.33. The van der Waals surface area contributed by atoms with Crippen LogP contribution in [0.25, 0.3) is 5.69 Å². The molecule has 1 aliphatic rings. The first-order valence-corrected chi connectivity index (χ1v) is 8.11. The number of nitrogens with two attached hydrogens (primary N) is 1. The van der Waals surface area contributed by atoms with Crippen LogP contribution in [0, 0.1) is 0 Å². The molecule has 124 valence electrons. The highest BCUT2D eigenvalue weighted by Crippen LogP contribution is 2.26. The van der Waals surface area contributed by atoms with Gasteiger partial charge in [-0.25, -0.2) is 9.67 Å². The maximum absolute atomic E-state index is 6.33. The summed E-state index contributed by atoms with van der Waals surface area (Å²) in [6.45, 7) is 2.50. The zero-order chi connectivity index (χ0) is 16.5. The third-order valence-corrected chi connectivity index (χ3v) is 4.49. The first-order valence-electron chi connectivity index (χ1n) is 8.11. The molecule has 4 rings (SSSR count). The molecule has 2 aromatic heterocycles. The fraction of sp³-hybridized carbons (Fsp3) is 0.353. The van der Waals surface area contributed by atoms with Gasteiger partial charge in [-0.15, -0.1) is 5.10 Å². The largest absolute Gasteiger partial charge is 0.340 e. The van der Waals surface area contributed by atoms with Crippen LogP contribution in [0.3, 0.4) is 0 Å². The van der Waals surface area contributed by atoms with Gasteiger partial charge >= 0.3 is 0 Å². The molecular formula is C17H21N7. The second kappa shape index (κ2) is 6.18. The molecule has 0 radical (unpaired) electrons. The number of para-hydroxylation sites is 1. The summed E-state index contributed by atoms with van der Waals surface area (Å²) in [5.74, 6) is 0.273. The third kappa shape index (κ3) is 2.95. The van der Waals surface area contributed by atoms with Crippen LogP contribution < -0.4 is 5.73 Å². The lowest BCUT2D eigenvalue weighted by atomic mass is 10.0. The highest BCUT2D eigenvalue weighted by molar-refractivity contribution is 5.29. The van der Waals surface area contributed by atoms with E-state index in [2.05, 4.69) is 26.4 Å². The number of likely N-dealkylation sites (tertiary alicyclic amines) is 1. The van der Waals surface area contributed by atoms with Gasteiger partial charge in [-0.2, -0.15) is 0 Å². The fourth-order valence-electron chi connectivity index (χ4n) is 3.29. The van der Waals surface area contributed by atoms with E-state index < -0.39 is 0 Å². The SMILES string of the molecule is Cn1cnc([C@@H]2CN(Cc3cn(-c4ccccc4)nn3)C[C@H]2N)c1. The second-order valence-electron chi connectivity index (χ2n) is 6.42. The van der Waals surface area contributed by atoms with Gasteiger partial charge in [0.2, 0.25) is 0 Å². The standard InChI is InChI=1S/C17H21N7/c1-22-11-17(19-12-22)15-9-23(10-16(15)18)7-13-8-24(21-20-13)14-5-3-2-4-6-14/h2-6,8,11-12,15-16H,7,9-10,18H2,1H3/t15-,16-/m1/s1. The number of nitrogens with zero attached hydrogens (tertiary/aromatic N) is 6. The molecule has 3 aromatic rings. The summed E-state index contributed by atoms with van der Waals surface area (Å²) in [5, 5.41) is 8.51. The van der Waals surface area contributed by atoms with Crippen LogP contribution >= 0.6 is 0 Å². The number of imidazole rings is 1. The highest BCUT2D eigenvalue weighted by atomic mass is 15.4. The van der Waals surface area contributed by atoms with Crippen molar-refractivity contribution in [3.8, 4) is 5.69 Å². The molecule has 0 amide bonds. The first kappa shape index (κ1) is 15.0. The minimum Gasteiger partial charge on any atom is -0.340 e. The topological polar surface area (TPSA) is 77.8 Å². The van der Waals surface area contributed by atoms with Gasteiger partial charge in [0.15, 0.2) is 0 Å². The Morgan fingerprint density at radius 3 is 2.75 bits per heavy atom. The van der Waals surface area contributed by atoms with E-state index in [1.165, 1.54) is 0 Å². The average molecular weight is 323 g/mol. The maximum Gasteiger partial charge on any atom is 0.0971 e. The lowest BCUT2D eigenvalue weighted by Crippen LogP contribution is -2.28. The van der Waals surface area contributed by atoms with Gasteiger partial charge < -0.3 is 10.3 Å². The molecule has 24 heavy (non-hydrogen) atoms. The van der Waals surface area contributed by atoms with E-state index >= 15 is 0 Å². The second-order valence-corrected chi connectivity index (χ2v) is 6.42. The molecule has 2 atom stereocenters. The van der Waals surface area contributed by atoms with Crippen molar-refractivity contribution in [3.05, 3.63) is 60.4 Å². The Labute approximate surface area is 140 Å². The Bertz CT molecular complexity index is 807. The molecule has 0 unspecified atom stereocenters. The van der Waals surface area contributed by atoms with Crippen LogP contribution in [0.2, 0.25) is 0 Å². The molecule has 7 heteroatoms. The Balaban J connectivity index is 1.44. The number of hydrogen-bond acceptors (Lipinski definition) is 5. The number of aryl methyl sites for hydroxylation is 1. The van der Waals surface area contributed by atoms with Crippen molar-refractivity contribution in [2.45, 2.75) is 18.5 Å². The first-order chi connectivity index (χ1) is 11.7. The predicted molar refractivity (Wildman–Crippen MR) is 90.6 cm³/mol. The van der Waals surface area contributed by atoms with E-state index in [4.69, 9.17) is 5.73 Å². The van der Waals surface area contributed by atoms with Crippen molar-refractivity contribution in [2.75, 3.05) is 13.1 Å². The summed E-state index contributed by atoms with van der Waals surface area (Å²) >= 11 is 0. The third-order valence-electron chi connectivity index (χ3n) is 4.49. The van der Waals surface area contributed by atoms with Crippen LogP contribution in [-0.4, -0.2) is 48.6 Å². The van der Waals surface area contributed by atoms with Crippen LogP contribution in [-0.2, 0) is 13.6 Å². The fourth-order valence-corrected chi connectivity index (χ4v) is 3.29. The van der Waals surface area contributed by atoms with Crippen LogP contribution in [0.15, 0.2) is 49.1 Å². The Morgan fingerprint density at radius 1 is 1.17 bits per heavy atom. The van der Waals surface area contributed by atoms with E-state index in [9.17, 15) is 0 Å². The molecule has 1 aromatic carbocycles. The molecule has 1 saturated heterocycles. The normalized spacial score (nSPS) is 21.4. The van der Waals surface area contributed by atoms with Crippen LogP contribution in [0.4, 0.5) is 0 Å². The van der Waals surface area contributed by atoms with Crippen molar-refractivity contribution in [1.29, 1.82) is 0 Å². The highest BCUT2D eigenvalue weighted by Gasteiger charge is 2.32. The van der Waals surface area contributed by atoms with Crippen molar-refractivity contribution in [3.63, 3.8) is 0 Å². The van der Waals surface area contributed by atoms with Crippen LogP contribution in [0.5, 0.6) is 0 Å². The lowest BCUT2D eigenvalue weighted by Gasteiger charge is -2.12. The number of aromatic nitrogens is 5. The van der Waals surface area contributed by atoms with Gasteiger partial charge in [0.1, 0.15) is 0 Å². The summed E-state index contributed by atoms with van der Waals surface area (Å²) in [4.78, 5) is 6.78. The molecule has 0 aliphatic carbocycles. The summed E-state index contributed by atoms with van der Waals surface area (Å²) < 4.78 is 3.78. The zero-order valence-electron chi connectivity index (χ0n) is 13.7. The van der Waals surface area contributed by atoms with E-state index in [1.54, 1.807) is 0 Å². The molecule has 1 aliphatic heterocycles. The van der Waals surface area contributed by atoms with E-state index in [1.807, 2.05) is 59.2 Å². The summed E-state index contributed by atoms with van der Waals surface area (Å²) in [6, 6.07) is 10.1. The number of hydrogen-bond donors (Lipinski definition) is 1. The van der Waals surface area contributed by atoms with Crippen molar-refractivity contribution >= 4 is 0 Å². The van der Waals surface area contributed by atoms with E-state index in [0.29, 0.717) is 0 Å². The number of benzene rings is 1. The van der Waals surface area contributed by atoms with Gasteiger partial charge in [-0.1, -0.05) is 23.4 Å². The van der Waals surface area contributed by atoms with E-state index in [-0.39, 0.29) is 12.0 Å². The van der Waals surface area contributed by atoms with Gasteiger partial charge in [0.25, 0.3) is 0 Å². The summed E-state index contributed by atoms with van der Waals surface area (Å²) in [6.07, 6.45) is 5.87. The lowest BCUT2D eigenvalue weighted by molar-refractivity contribution is 0.319. The van der Waals surface area contributed by atoms with Crippen molar-refractivity contribution in [2.24, 2.45) is 12.8 Å². The molecule has 7 nitrogen and oxygen atoms in total. The molecular weight excluding hydrogens is 302 g/mol. The monoisotopic (exact) mass is 323 g/mol. The molecule has 2 N–H and O–H groups in total. The predicted octanol–water partition coefficient (Wildman–Crippen LogP) is 0.927. The Morgan fingerprint density at radius 2 is 2.00 bits per heavy atom. The summed E-state index contributed by atoms with van der Waals surface area (Å²) in [5.41, 5.74) is 9.36. The van der Waals surface area contributed by atoms with Crippen molar-refractivity contribution in [1.82, 2.24) is 29.4 Å². The molecule has 0 saturated carbocycles. The van der Waals surface area contributed by atoms with Gasteiger partial charge in [0.05, 0.1) is 29.6 Å². The van der Waals surface area contributed by atoms with Crippen molar-refractivity contribution < 1.29 is 0 Å². The summed E-state index contributed by atoms with van der Waals surface area (Å²) in [7, 11) is 1.98. The van der Waals surface area contributed by atoms with Gasteiger partial charge in [-0.05, 0) is 12.1 Å². The van der Waals surface area contributed by atoms with E-state index in [0.717, 1.165) is 36.7 Å². The van der Waals surface area contributed by atoms with Gasteiger partial charge in [0, 0.05) is 44.8 Å². The molecule has 3 heterocycles.